The van der Waals surface area contributed by atoms with Crippen LogP contribution in [0.25, 0.3) is 11.3 Å². The highest BCUT2D eigenvalue weighted by Crippen LogP contribution is 2.17. The van der Waals surface area contributed by atoms with Gasteiger partial charge in [-0.05, 0) is 23.8 Å². The molecule has 1 aromatic heterocycles. The minimum atomic E-state index is -3.19. The molecule has 0 fully saturated rings. The van der Waals surface area contributed by atoms with Crippen LogP contribution in [0.1, 0.15) is 0 Å². The van der Waals surface area contributed by atoms with E-state index in [1.54, 1.807) is 18.2 Å². The smallest absolute Gasteiger partial charge is 0.305 e. The Morgan fingerprint density at radius 3 is 2.29 bits per heavy atom. The second-order valence-corrected chi connectivity index (χ2v) is 5.60. The number of nitrogens with zero attached hydrogens (tertiary/aromatic N) is 1. The summed E-state index contributed by atoms with van der Waals surface area (Å²) in [5, 5.41) is 0. The molecule has 2 rings (SSSR count). The average Bonchev–Trinajstić information content (AvgIpc) is 2.28. The largest absolute Gasteiger partial charge is 0.345 e. The second-order valence-electron chi connectivity index (χ2n) is 3.59. The molecule has 0 bridgehead atoms. The van der Waals surface area contributed by atoms with Crippen LogP contribution in [0.5, 0.6) is 0 Å². The highest BCUT2D eigenvalue weighted by Gasteiger charge is 2.06. The summed E-state index contributed by atoms with van der Waals surface area (Å²) in [6.45, 7) is 0. The first kappa shape index (κ1) is 11.5. The Bertz CT molecular complexity index is 687. The van der Waals surface area contributed by atoms with E-state index < -0.39 is 15.5 Å². The maximum atomic E-state index is 11.3. The Kier molecular flexibility index (Phi) is 2.81. The number of sulfone groups is 1. The van der Waals surface area contributed by atoms with Crippen LogP contribution in [0.15, 0.2) is 46.2 Å². The van der Waals surface area contributed by atoms with Crippen molar-refractivity contribution in [2.75, 3.05) is 6.26 Å². The van der Waals surface area contributed by atoms with Crippen molar-refractivity contribution in [2.24, 2.45) is 0 Å². The molecule has 0 aliphatic heterocycles. The lowest BCUT2D eigenvalue weighted by Gasteiger charge is -2.02. The van der Waals surface area contributed by atoms with Gasteiger partial charge >= 0.3 is 5.69 Å². The molecule has 1 heterocycles. The average molecular weight is 250 g/mol. The Labute approximate surface area is 98.1 Å². The summed E-state index contributed by atoms with van der Waals surface area (Å²) in [5.41, 5.74) is 0.900. The van der Waals surface area contributed by atoms with Crippen LogP contribution >= 0.6 is 0 Å². The molecule has 0 saturated carbocycles. The Morgan fingerprint density at radius 2 is 1.76 bits per heavy atom. The summed E-state index contributed by atoms with van der Waals surface area (Å²) < 4.78 is 22.5. The molecule has 5 nitrogen and oxygen atoms in total. The minimum absolute atomic E-state index is 0.248. The second kappa shape index (κ2) is 4.14. The van der Waals surface area contributed by atoms with E-state index in [1.165, 1.54) is 18.3 Å². The maximum absolute atomic E-state index is 11.3. The third-order valence-electron chi connectivity index (χ3n) is 2.27. The van der Waals surface area contributed by atoms with Crippen molar-refractivity contribution in [2.45, 2.75) is 4.90 Å². The van der Waals surface area contributed by atoms with E-state index in [9.17, 15) is 13.2 Å². The van der Waals surface area contributed by atoms with Gasteiger partial charge in [0.1, 0.15) is 0 Å². The molecular formula is C11H10N2O3S. The number of hydrogen-bond acceptors (Lipinski definition) is 4. The van der Waals surface area contributed by atoms with E-state index in [1.807, 2.05) is 0 Å². The number of aromatic nitrogens is 2. The van der Waals surface area contributed by atoms with Gasteiger partial charge in [0.15, 0.2) is 9.84 Å². The van der Waals surface area contributed by atoms with E-state index in [-0.39, 0.29) is 4.90 Å². The van der Waals surface area contributed by atoms with Crippen LogP contribution in [-0.2, 0) is 9.84 Å². The number of nitrogens with one attached hydrogen (secondary N) is 1. The first-order valence-corrected chi connectivity index (χ1v) is 6.72. The van der Waals surface area contributed by atoms with E-state index in [4.69, 9.17) is 0 Å². The van der Waals surface area contributed by atoms with Gasteiger partial charge in [0.25, 0.3) is 0 Å². The molecule has 2 aromatic rings. The maximum Gasteiger partial charge on any atom is 0.345 e. The van der Waals surface area contributed by atoms with Crippen LogP contribution < -0.4 is 5.69 Å². The molecule has 0 aliphatic carbocycles. The Hall–Kier alpha value is -1.95. The quantitative estimate of drug-likeness (QED) is 0.856. The van der Waals surface area contributed by atoms with Crippen LogP contribution in [-0.4, -0.2) is 24.6 Å². The molecule has 6 heteroatoms. The topological polar surface area (TPSA) is 79.9 Å². The van der Waals surface area contributed by atoms with Crippen molar-refractivity contribution < 1.29 is 8.42 Å². The van der Waals surface area contributed by atoms with E-state index in [0.29, 0.717) is 5.69 Å². The molecule has 0 saturated heterocycles. The van der Waals surface area contributed by atoms with Gasteiger partial charge in [-0.25, -0.2) is 18.2 Å². The van der Waals surface area contributed by atoms with E-state index in [2.05, 4.69) is 9.97 Å². The van der Waals surface area contributed by atoms with Crippen molar-refractivity contribution in [3.05, 3.63) is 47.0 Å². The van der Waals surface area contributed by atoms with Crippen LogP contribution in [0, 0.1) is 0 Å². The van der Waals surface area contributed by atoms with Gasteiger partial charge in [-0.15, -0.1) is 0 Å². The SMILES string of the molecule is CS(=O)(=O)c1ccc(-c2ccnc(=O)[nH]2)cc1. The minimum Gasteiger partial charge on any atom is -0.305 e. The predicted molar refractivity (Wildman–Crippen MR) is 63.4 cm³/mol. The van der Waals surface area contributed by atoms with Crippen molar-refractivity contribution in [3.63, 3.8) is 0 Å². The lowest BCUT2D eigenvalue weighted by Crippen LogP contribution is -2.09. The predicted octanol–water partition coefficient (Wildman–Crippen LogP) is 0.840. The van der Waals surface area contributed by atoms with Gasteiger partial charge in [-0.2, -0.15) is 0 Å². The van der Waals surface area contributed by atoms with Gasteiger partial charge in [-0.1, -0.05) is 12.1 Å². The van der Waals surface area contributed by atoms with Crippen molar-refractivity contribution in [3.8, 4) is 11.3 Å². The summed E-state index contributed by atoms with van der Waals surface area (Å²) in [4.78, 5) is 17.4. The van der Waals surface area contributed by atoms with E-state index in [0.717, 1.165) is 11.8 Å². The summed E-state index contributed by atoms with van der Waals surface area (Å²) in [5.74, 6) is 0. The third kappa shape index (κ3) is 2.59. The first-order chi connectivity index (χ1) is 7.97. The Balaban J connectivity index is 2.46. The van der Waals surface area contributed by atoms with Crippen molar-refractivity contribution in [1.82, 2.24) is 9.97 Å². The summed E-state index contributed by atoms with van der Waals surface area (Å²) in [7, 11) is -3.19. The molecule has 0 spiro atoms. The summed E-state index contributed by atoms with van der Waals surface area (Å²) in [6, 6.07) is 7.94. The number of aromatic amines is 1. The fraction of sp³-hybridized carbons (Fsp3) is 0.0909. The number of hydrogen-bond donors (Lipinski definition) is 1. The lowest BCUT2D eigenvalue weighted by molar-refractivity contribution is 0.602. The third-order valence-corrected chi connectivity index (χ3v) is 3.40. The van der Waals surface area contributed by atoms with Crippen LogP contribution in [0.2, 0.25) is 0 Å². The molecule has 0 unspecified atom stereocenters. The van der Waals surface area contributed by atoms with Gasteiger partial charge in [0.05, 0.1) is 10.6 Å². The summed E-state index contributed by atoms with van der Waals surface area (Å²) >= 11 is 0. The molecule has 1 aromatic carbocycles. The molecular weight excluding hydrogens is 240 g/mol. The molecule has 0 radical (unpaired) electrons. The highest BCUT2D eigenvalue weighted by atomic mass is 32.2. The number of benzene rings is 1. The molecule has 0 aliphatic rings. The van der Waals surface area contributed by atoms with Gasteiger partial charge in [0.2, 0.25) is 0 Å². The van der Waals surface area contributed by atoms with Crippen molar-refractivity contribution in [1.29, 1.82) is 0 Å². The summed E-state index contributed by atoms with van der Waals surface area (Å²) in [6.07, 6.45) is 2.55. The molecule has 1 N–H and O–H groups in total. The fourth-order valence-electron chi connectivity index (χ4n) is 1.42. The zero-order chi connectivity index (χ0) is 12.5. The normalized spacial score (nSPS) is 11.4. The van der Waals surface area contributed by atoms with Gasteiger partial charge in [-0.3, -0.25) is 0 Å². The highest BCUT2D eigenvalue weighted by molar-refractivity contribution is 7.90. The fourth-order valence-corrected chi connectivity index (χ4v) is 2.05. The molecule has 0 atom stereocenters. The molecule has 0 amide bonds. The number of H-pyrrole nitrogens is 1. The standard InChI is InChI=1S/C11H10N2O3S/c1-17(15,16)9-4-2-8(3-5-9)10-6-7-12-11(14)13-10/h2-7H,1H3,(H,12,13,14). The zero-order valence-electron chi connectivity index (χ0n) is 9.04. The number of rotatable bonds is 2. The molecule has 88 valence electrons. The van der Waals surface area contributed by atoms with Crippen LogP contribution in [0.3, 0.4) is 0 Å². The first-order valence-electron chi connectivity index (χ1n) is 4.83. The zero-order valence-corrected chi connectivity index (χ0v) is 9.86. The lowest BCUT2D eigenvalue weighted by atomic mass is 10.1. The van der Waals surface area contributed by atoms with E-state index >= 15 is 0 Å². The monoisotopic (exact) mass is 250 g/mol. The van der Waals surface area contributed by atoms with Crippen molar-refractivity contribution >= 4 is 9.84 Å². The molecule has 17 heavy (non-hydrogen) atoms. The Morgan fingerprint density at radius 1 is 1.12 bits per heavy atom. The van der Waals surface area contributed by atoms with Crippen LogP contribution in [0.4, 0.5) is 0 Å². The van der Waals surface area contributed by atoms with Gasteiger partial charge in [0, 0.05) is 12.5 Å². The van der Waals surface area contributed by atoms with Gasteiger partial charge < -0.3 is 4.98 Å².